The van der Waals surface area contributed by atoms with Crippen LogP contribution in [-0.4, -0.2) is 46.5 Å². The van der Waals surface area contributed by atoms with Crippen LogP contribution in [0.1, 0.15) is 31.7 Å². The molecule has 0 N–H and O–H groups in total. The third kappa shape index (κ3) is 4.22. The Morgan fingerprint density at radius 2 is 1.67 bits per heavy atom. The highest BCUT2D eigenvalue weighted by atomic mass is 16.2. The fraction of sp³-hybridized carbons (Fsp3) is 0.375. The van der Waals surface area contributed by atoms with E-state index in [1.54, 1.807) is 0 Å². The average Bonchev–Trinajstić information content (AvgIpc) is 2.80. The molecule has 2 heterocycles. The second kappa shape index (κ2) is 9.11. The molecule has 156 valence electrons. The van der Waals surface area contributed by atoms with Crippen LogP contribution in [0.3, 0.4) is 0 Å². The van der Waals surface area contributed by atoms with E-state index in [4.69, 9.17) is 4.98 Å². The van der Waals surface area contributed by atoms with Gasteiger partial charge in [0, 0.05) is 32.6 Å². The van der Waals surface area contributed by atoms with E-state index in [0.717, 1.165) is 29.4 Å². The van der Waals surface area contributed by atoms with Crippen LogP contribution >= 0.6 is 0 Å². The second-order valence-electron chi connectivity index (χ2n) is 7.77. The van der Waals surface area contributed by atoms with Crippen molar-refractivity contribution in [1.29, 1.82) is 0 Å². The van der Waals surface area contributed by atoms with Crippen molar-refractivity contribution >= 4 is 22.8 Å². The van der Waals surface area contributed by atoms with Gasteiger partial charge in [0.25, 0.3) is 5.56 Å². The first-order valence-electron chi connectivity index (χ1n) is 10.7. The third-order valence-electron chi connectivity index (χ3n) is 5.69. The minimum atomic E-state index is -0.0803. The first-order valence-corrected chi connectivity index (χ1v) is 10.7. The van der Waals surface area contributed by atoms with Gasteiger partial charge in [0.15, 0.2) is 5.82 Å². The lowest BCUT2D eigenvalue weighted by atomic mass is 10.2. The molecule has 1 amide bonds. The molecular formula is C24H28N4O2. The van der Waals surface area contributed by atoms with E-state index >= 15 is 0 Å². The van der Waals surface area contributed by atoms with Crippen molar-refractivity contribution in [3.8, 4) is 0 Å². The standard InChI is InChI=1S/C24H28N4O2/c1-2-3-13-22(29)26-14-16-27(17-15-26)23-24(30)28(18-19-9-5-4-6-10-19)21-12-8-7-11-20(21)25-23/h4-12H,2-3,13-18H2,1H3. The zero-order valence-electron chi connectivity index (χ0n) is 17.5. The topological polar surface area (TPSA) is 58.4 Å². The molecule has 0 saturated carbocycles. The number of rotatable bonds is 6. The Balaban J connectivity index is 1.62. The molecule has 0 radical (unpaired) electrons. The van der Waals surface area contributed by atoms with Crippen LogP contribution < -0.4 is 10.5 Å². The quantitative estimate of drug-likeness (QED) is 0.633. The first-order chi connectivity index (χ1) is 14.7. The molecule has 2 aromatic carbocycles. The number of benzene rings is 2. The van der Waals surface area contributed by atoms with Gasteiger partial charge in [-0.2, -0.15) is 0 Å². The number of carbonyl (C=O) groups excluding carboxylic acids is 1. The van der Waals surface area contributed by atoms with Crippen LogP contribution in [0.2, 0.25) is 0 Å². The van der Waals surface area contributed by atoms with Crippen LogP contribution in [0, 0.1) is 0 Å². The number of unbranched alkanes of at least 4 members (excludes halogenated alkanes) is 1. The van der Waals surface area contributed by atoms with Crippen LogP contribution in [0.15, 0.2) is 59.4 Å². The lowest BCUT2D eigenvalue weighted by Crippen LogP contribution is -2.50. The Hall–Kier alpha value is -3.15. The van der Waals surface area contributed by atoms with Crippen LogP contribution in [0.5, 0.6) is 0 Å². The van der Waals surface area contributed by atoms with Crippen LogP contribution in [0.25, 0.3) is 11.0 Å². The van der Waals surface area contributed by atoms with E-state index in [2.05, 4.69) is 6.92 Å². The van der Waals surface area contributed by atoms with E-state index in [-0.39, 0.29) is 11.5 Å². The molecule has 1 aromatic heterocycles. The molecule has 1 aliphatic rings. The molecule has 0 unspecified atom stereocenters. The van der Waals surface area contributed by atoms with Gasteiger partial charge >= 0.3 is 0 Å². The van der Waals surface area contributed by atoms with Crippen molar-refractivity contribution in [3.05, 3.63) is 70.5 Å². The van der Waals surface area contributed by atoms with E-state index in [1.807, 2.05) is 69.0 Å². The maximum atomic E-state index is 13.4. The summed E-state index contributed by atoms with van der Waals surface area (Å²) in [6.07, 6.45) is 2.55. The van der Waals surface area contributed by atoms with E-state index < -0.39 is 0 Å². The van der Waals surface area contributed by atoms with Gasteiger partial charge in [0.2, 0.25) is 5.91 Å². The number of anilines is 1. The molecule has 0 bridgehead atoms. The maximum Gasteiger partial charge on any atom is 0.294 e. The number of aromatic nitrogens is 2. The molecule has 0 aliphatic carbocycles. The van der Waals surface area contributed by atoms with Crippen molar-refractivity contribution in [3.63, 3.8) is 0 Å². The lowest BCUT2D eigenvalue weighted by Gasteiger charge is -2.35. The molecule has 30 heavy (non-hydrogen) atoms. The molecule has 6 heteroatoms. The van der Waals surface area contributed by atoms with E-state index in [9.17, 15) is 9.59 Å². The number of hydrogen-bond donors (Lipinski definition) is 0. The molecule has 1 fully saturated rings. The average molecular weight is 405 g/mol. The van der Waals surface area contributed by atoms with Crippen molar-refractivity contribution in [2.24, 2.45) is 0 Å². The summed E-state index contributed by atoms with van der Waals surface area (Å²) in [4.78, 5) is 34.4. The third-order valence-corrected chi connectivity index (χ3v) is 5.69. The van der Waals surface area contributed by atoms with Gasteiger partial charge in [-0.25, -0.2) is 4.98 Å². The monoisotopic (exact) mass is 404 g/mol. The normalized spacial score (nSPS) is 14.3. The maximum absolute atomic E-state index is 13.4. The molecule has 6 nitrogen and oxygen atoms in total. The number of hydrogen-bond acceptors (Lipinski definition) is 4. The van der Waals surface area contributed by atoms with Gasteiger partial charge in [-0.15, -0.1) is 0 Å². The van der Waals surface area contributed by atoms with E-state index in [0.29, 0.717) is 45.0 Å². The van der Waals surface area contributed by atoms with Crippen molar-refractivity contribution < 1.29 is 4.79 Å². The van der Waals surface area contributed by atoms with E-state index in [1.165, 1.54) is 0 Å². The Bertz CT molecular complexity index is 1070. The Morgan fingerprint density at radius 3 is 2.40 bits per heavy atom. The Labute approximate surface area is 176 Å². The number of nitrogens with zero attached hydrogens (tertiary/aromatic N) is 4. The predicted molar refractivity (Wildman–Crippen MR) is 120 cm³/mol. The second-order valence-corrected chi connectivity index (χ2v) is 7.77. The molecule has 4 rings (SSSR count). The highest BCUT2D eigenvalue weighted by Gasteiger charge is 2.24. The largest absolute Gasteiger partial charge is 0.348 e. The summed E-state index contributed by atoms with van der Waals surface area (Å²) in [6.45, 7) is 5.13. The molecule has 1 saturated heterocycles. The number of fused-ring (bicyclic) bond motifs is 1. The van der Waals surface area contributed by atoms with Crippen molar-refractivity contribution in [1.82, 2.24) is 14.5 Å². The molecule has 1 aliphatic heterocycles. The number of para-hydroxylation sites is 2. The Morgan fingerprint density at radius 1 is 0.967 bits per heavy atom. The van der Waals surface area contributed by atoms with Crippen LogP contribution in [-0.2, 0) is 11.3 Å². The number of piperazine rings is 1. The molecule has 0 atom stereocenters. The Kier molecular flexibility index (Phi) is 6.12. The minimum Gasteiger partial charge on any atom is -0.348 e. The molecule has 3 aromatic rings. The highest BCUT2D eigenvalue weighted by Crippen LogP contribution is 2.17. The highest BCUT2D eigenvalue weighted by molar-refractivity contribution is 5.77. The fourth-order valence-electron chi connectivity index (χ4n) is 3.96. The van der Waals surface area contributed by atoms with Crippen molar-refractivity contribution in [2.45, 2.75) is 32.7 Å². The van der Waals surface area contributed by atoms with Gasteiger partial charge in [-0.05, 0) is 24.1 Å². The fourth-order valence-corrected chi connectivity index (χ4v) is 3.96. The first kappa shape index (κ1) is 20.1. The van der Waals surface area contributed by atoms with Crippen molar-refractivity contribution in [2.75, 3.05) is 31.1 Å². The summed E-state index contributed by atoms with van der Waals surface area (Å²) in [5.41, 5.74) is 2.64. The zero-order valence-corrected chi connectivity index (χ0v) is 17.5. The number of amides is 1. The lowest BCUT2D eigenvalue weighted by molar-refractivity contribution is -0.131. The van der Waals surface area contributed by atoms with Gasteiger partial charge < -0.3 is 9.80 Å². The van der Waals surface area contributed by atoms with Gasteiger partial charge in [-0.3, -0.25) is 14.2 Å². The summed E-state index contributed by atoms with van der Waals surface area (Å²) >= 11 is 0. The summed E-state index contributed by atoms with van der Waals surface area (Å²) in [5, 5.41) is 0. The summed E-state index contributed by atoms with van der Waals surface area (Å²) < 4.78 is 1.81. The van der Waals surface area contributed by atoms with Gasteiger partial charge in [0.05, 0.1) is 17.6 Å². The molecule has 0 spiro atoms. The van der Waals surface area contributed by atoms with Gasteiger partial charge in [-0.1, -0.05) is 55.8 Å². The minimum absolute atomic E-state index is 0.0803. The summed E-state index contributed by atoms with van der Waals surface area (Å²) in [6, 6.07) is 17.8. The summed E-state index contributed by atoms with van der Waals surface area (Å²) in [7, 11) is 0. The smallest absolute Gasteiger partial charge is 0.294 e. The van der Waals surface area contributed by atoms with Crippen LogP contribution in [0.4, 0.5) is 5.82 Å². The van der Waals surface area contributed by atoms with Gasteiger partial charge in [0.1, 0.15) is 0 Å². The SMILES string of the molecule is CCCCC(=O)N1CCN(c2nc3ccccc3n(Cc3ccccc3)c2=O)CC1. The zero-order chi connectivity index (χ0) is 20.9. The molecular weight excluding hydrogens is 376 g/mol. The predicted octanol–water partition coefficient (Wildman–Crippen LogP) is 3.28. The number of carbonyl (C=O) groups is 1. The summed E-state index contributed by atoms with van der Waals surface area (Å²) in [5.74, 6) is 0.690.